The van der Waals surface area contributed by atoms with E-state index < -0.39 is 0 Å². The lowest BCUT2D eigenvalue weighted by Gasteiger charge is -2.36. The number of hydrogen-bond donors (Lipinski definition) is 1. The molecule has 2 N–H and O–H groups in total. The summed E-state index contributed by atoms with van der Waals surface area (Å²) in [5, 5.41) is 0. The molecule has 19 heavy (non-hydrogen) atoms. The highest BCUT2D eigenvalue weighted by molar-refractivity contribution is 5.36. The molecular weight excluding hydrogens is 230 g/mol. The maximum absolute atomic E-state index is 6.72. The van der Waals surface area contributed by atoms with Gasteiger partial charge in [-0.05, 0) is 48.8 Å². The van der Waals surface area contributed by atoms with Gasteiger partial charge in [-0.1, -0.05) is 54.6 Å². The Kier molecular flexibility index (Phi) is 3.39. The van der Waals surface area contributed by atoms with Gasteiger partial charge in [0.25, 0.3) is 0 Å². The molecule has 1 aliphatic rings. The first-order valence-electron chi connectivity index (χ1n) is 7.19. The quantitative estimate of drug-likeness (QED) is 0.882. The average Bonchev–Trinajstić information content (AvgIpc) is 2.47. The van der Waals surface area contributed by atoms with Gasteiger partial charge in [0.1, 0.15) is 0 Å². The minimum absolute atomic E-state index is 0.134. The molecule has 2 aromatic carbocycles. The summed E-state index contributed by atoms with van der Waals surface area (Å²) in [7, 11) is 0. The lowest BCUT2D eigenvalue weighted by atomic mass is 9.74. The van der Waals surface area contributed by atoms with Gasteiger partial charge in [0.15, 0.2) is 0 Å². The Morgan fingerprint density at radius 2 is 1.68 bits per heavy atom. The summed E-state index contributed by atoms with van der Waals surface area (Å²) in [6.45, 7) is 0. The van der Waals surface area contributed by atoms with Crippen molar-refractivity contribution in [3.05, 3.63) is 71.3 Å². The molecule has 3 rings (SSSR count). The number of hydrogen-bond acceptors (Lipinski definition) is 1. The van der Waals surface area contributed by atoms with Gasteiger partial charge < -0.3 is 5.73 Å². The summed E-state index contributed by atoms with van der Waals surface area (Å²) >= 11 is 0. The van der Waals surface area contributed by atoms with Gasteiger partial charge in [-0.15, -0.1) is 0 Å². The fourth-order valence-electron chi connectivity index (χ4n) is 3.22. The van der Waals surface area contributed by atoms with Crippen LogP contribution < -0.4 is 5.73 Å². The van der Waals surface area contributed by atoms with Crippen LogP contribution in [0.2, 0.25) is 0 Å². The lowest BCUT2D eigenvalue weighted by Crippen LogP contribution is -2.40. The Hall–Kier alpha value is -1.60. The second-order valence-corrected chi connectivity index (χ2v) is 5.65. The Morgan fingerprint density at radius 3 is 2.53 bits per heavy atom. The standard InChI is InChI=1S/C18H21N/c19-18(14-12-15-7-2-1-3-8-15)13-6-10-16-9-4-5-11-17(16)18/h1-5,7-9,11H,6,10,12-14,19H2. The van der Waals surface area contributed by atoms with Crippen LogP contribution in [0, 0.1) is 0 Å². The van der Waals surface area contributed by atoms with Gasteiger partial charge in [-0.25, -0.2) is 0 Å². The minimum atomic E-state index is -0.134. The molecule has 98 valence electrons. The summed E-state index contributed by atoms with van der Waals surface area (Å²) in [4.78, 5) is 0. The van der Waals surface area contributed by atoms with Crippen molar-refractivity contribution in [2.24, 2.45) is 5.73 Å². The Morgan fingerprint density at radius 1 is 0.947 bits per heavy atom. The normalized spacial score (nSPS) is 21.9. The monoisotopic (exact) mass is 251 g/mol. The molecule has 0 heterocycles. The second-order valence-electron chi connectivity index (χ2n) is 5.65. The van der Waals surface area contributed by atoms with Crippen LogP contribution in [0.1, 0.15) is 36.0 Å². The van der Waals surface area contributed by atoms with Crippen LogP contribution in [0.25, 0.3) is 0 Å². The maximum atomic E-state index is 6.72. The highest BCUT2D eigenvalue weighted by atomic mass is 14.7. The molecule has 1 unspecified atom stereocenters. The first kappa shape index (κ1) is 12.4. The van der Waals surface area contributed by atoms with Crippen molar-refractivity contribution in [3.63, 3.8) is 0 Å². The minimum Gasteiger partial charge on any atom is -0.321 e. The topological polar surface area (TPSA) is 26.0 Å². The lowest BCUT2D eigenvalue weighted by molar-refractivity contribution is 0.346. The number of fused-ring (bicyclic) bond motifs is 1. The Balaban J connectivity index is 1.81. The van der Waals surface area contributed by atoms with Gasteiger partial charge >= 0.3 is 0 Å². The summed E-state index contributed by atoms with van der Waals surface area (Å²) in [5.41, 5.74) is 10.8. The van der Waals surface area contributed by atoms with Crippen molar-refractivity contribution in [1.82, 2.24) is 0 Å². The van der Waals surface area contributed by atoms with E-state index >= 15 is 0 Å². The zero-order valence-corrected chi connectivity index (χ0v) is 11.3. The summed E-state index contributed by atoms with van der Waals surface area (Å²) in [6.07, 6.45) is 5.60. The number of aryl methyl sites for hydroxylation is 2. The first-order valence-corrected chi connectivity index (χ1v) is 7.19. The molecule has 0 spiro atoms. The average molecular weight is 251 g/mol. The summed E-state index contributed by atoms with van der Waals surface area (Å²) in [5.74, 6) is 0. The second kappa shape index (κ2) is 5.18. The number of rotatable bonds is 3. The van der Waals surface area contributed by atoms with Crippen molar-refractivity contribution in [3.8, 4) is 0 Å². The van der Waals surface area contributed by atoms with Crippen LogP contribution in [0.15, 0.2) is 54.6 Å². The molecule has 0 bridgehead atoms. The molecule has 0 aromatic heterocycles. The van der Waals surface area contributed by atoms with E-state index in [1.54, 1.807) is 0 Å². The van der Waals surface area contributed by atoms with Crippen LogP contribution in [0.5, 0.6) is 0 Å². The van der Waals surface area contributed by atoms with Crippen molar-refractivity contribution in [1.29, 1.82) is 0 Å². The SMILES string of the molecule is NC1(CCc2ccccc2)CCCc2ccccc21. The van der Waals surface area contributed by atoms with Crippen LogP contribution in [0.3, 0.4) is 0 Å². The van der Waals surface area contributed by atoms with E-state index in [4.69, 9.17) is 5.73 Å². The molecule has 1 aliphatic carbocycles. The molecule has 1 nitrogen and oxygen atoms in total. The van der Waals surface area contributed by atoms with Crippen LogP contribution in [0.4, 0.5) is 0 Å². The highest BCUT2D eigenvalue weighted by Crippen LogP contribution is 2.36. The fraction of sp³-hybridized carbons (Fsp3) is 0.333. The molecule has 0 radical (unpaired) electrons. The van der Waals surface area contributed by atoms with Crippen molar-refractivity contribution in [2.75, 3.05) is 0 Å². The molecule has 1 atom stereocenters. The molecule has 0 aliphatic heterocycles. The Bertz CT molecular complexity index is 547. The molecule has 2 aromatic rings. The first-order chi connectivity index (χ1) is 9.28. The molecular formula is C18H21N. The van der Waals surface area contributed by atoms with E-state index in [9.17, 15) is 0 Å². The third-order valence-electron chi connectivity index (χ3n) is 4.33. The third-order valence-corrected chi connectivity index (χ3v) is 4.33. The van der Waals surface area contributed by atoms with E-state index in [0.29, 0.717) is 0 Å². The largest absolute Gasteiger partial charge is 0.321 e. The smallest absolute Gasteiger partial charge is 0.0415 e. The zero-order chi connectivity index (χ0) is 13.1. The zero-order valence-electron chi connectivity index (χ0n) is 11.3. The van der Waals surface area contributed by atoms with Gasteiger partial charge in [-0.2, -0.15) is 0 Å². The van der Waals surface area contributed by atoms with Gasteiger partial charge in [0, 0.05) is 5.54 Å². The predicted molar refractivity (Wildman–Crippen MR) is 80.0 cm³/mol. The fourth-order valence-corrected chi connectivity index (χ4v) is 3.22. The van der Waals surface area contributed by atoms with E-state index in [2.05, 4.69) is 54.6 Å². The van der Waals surface area contributed by atoms with Crippen molar-refractivity contribution in [2.45, 2.75) is 37.6 Å². The van der Waals surface area contributed by atoms with Crippen molar-refractivity contribution < 1.29 is 0 Å². The van der Waals surface area contributed by atoms with Gasteiger partial charge in [0.2, 0.25) is 0 Å². The molecule has 1 heteroatoms. The van der Waals surface area contributed by atoms with Gasteiger partial charge in [0.05, 0.1) is 0 Å². The number of nitrogens with two attached hydrogens (primary N) is 1. The molecule has 0 amide bonds. The van der Waals surface area contributed by atoms with Crippen molar-refractivity contribution >= 4 is 0 Å². The molecule has 0 saturated heterocycles. The van der Waals surface area contributed by atoms with Gasteiger partial charge in [-0.3, -0.25) is 0 Å². The van der Waals surface area contributed by atoms with E-state index in [-0.39, 0.29) is 5.54 Å². The van der Waals surface area contributed by atoms with Crippen LogP contribution in [-0.2, 0) is 18.4 Å². The maximum Gasteiger partial charge on any atom is 0.0415 e. The van der Waals surface area contributed by atoms with E-state index in [1.807, 2.05) is 0 Å². The van der Waals surface area contributed by atoms with Crippen LogP contribution in [-0.4, -0.2) is 0 Å². The number of benzene rings is 2. The molecule has 0 saturated carbocycles. The van der Waals surface area contributed by atoms with Crippen LogP contribution >= 0.6 is 0 Å². The van der Waals surface area contributed by atoms with E-state index in [1.165, 1.54) is 29.5 Å². The summed E-state index contributed by atoms with van der Waals surface area (Å²) in [6, 6.07) is 19.4. The highest BCUT2D eigenvalue weighted by Gasteiger charge is 2.31. The molecule has 0 fully saturated rings. The van der Waals surface area contributed by atoms with E-state index in [0.717, 1.165) is 19.3 Å². The summed E-state index contributed by atoms with van der Waals surface area (Å²) < 4.78 is 0. The Labute approximate surface area is 115 Å². The third kappa shape index (κ3) is 2.57. The predicted octanol–water partition coefficient (Wildman–Crippen LogP) is 3.81.